The summed E-state index contributed by atoms with van der Waals surface area (Å²) in [4.78, 5) is 0. The van der Waals surface area contributed by atoms with E-state index < -0.39 is 0 Å². The second-order valence-corrected chi connectivity index (χ2v) is 4.11. The standard InChI is InChI=1S/C14H13NO/c16-15-9-3-6-12-8-7-11-4-1-2-5-13(11)10-14(12)15/h1-6,9-10,16H,7-8H2. The van der Waals surface area contributed by atoms with Gasteiger partial charge in [0, 0.05) is 6.20 Å². The van der Waals surface area contributed by atoms with Gasteiger partial charge in [0.1, 0.15) is 0 Å². The molecule has 0 aromatic heterocycles. The van der Waals surface area contributed by atoms with E-state index in [1.165, 1.54) is 21.8 Å². The molecule has 0 radical (unpaired) electrons. The first-order valence-corrected chi connectivity index (χ1v) is 5.50. The van der Waals surface area contributed by atoms with Crippen molar-refractivity contribution < 1.29 is 5.21 Å². The van der Waals surface area contributed by atoms with Crippen molar-refractivity contribution in [1.82, 2.24) is 5.06 Å². The second kappa shape index (κ2) is 3.65. The lowest BCUT2D eigenvalue weighted by Gasteiger charge is -2.20. The molecule has 0 atom stereocenters. The molecule has 1 aliphatic heterocycles. The Morgan fingerprint density at radius 2 is 2.00 bits per heavy atom. The van der Waals surface area contributed by atoms with Gasteiger partial charge in [-0.1, -0.05) is 30.3 Å². The Bertz CT molecular complexity index is 511. The highest BCUT2D eigenvalue weighted by Gasteiger charge is 2.17. The lowest BCUT2D eigenvalue weighted by Crippen LogP contribution is -2.14. The van der Waals surface area contributed by atoms with E-state index in [4.69, 9.17) is 0 Å². The van der Waals surface area contributed by atoms with Gasteiger partial charge in [0.25, 0.3) is 0 Å². The molecule has 1 N–H and O–H groups in total. The summed E-state index contributed by atoms with van der Waals surface area (Å²) in [5.74, 6) is 0. The highest BCUT2D eigenvalue weighted by Crippen LogP contribution is 2.30. The zero-order chi connectivity index (χ0) is 11.0. The molecule has 80 valence electrons. The van der Waals surface area contributed by atoms with E-state index in [1.54, 1.807) is 6.20 Å². The fraction of sp³-hybridized carbons (Fsp3) is 0.143. The van der Waals surface area contributed by atoms with Gasteiger partial charge >= 0.3 is 0 Å². The normalized spacial score (nSPS) is 18.2. The molecule has 2 nitrogen and oxygen atoms in total. The highest BCUT2D eigenvalue weighted by molar-refractivity contribution is 5.63. The molecule has 0 bridgehead atoms. The van der Waals surface area contributed by atoms with Crippen molar-refractivity contribution in [2.45, 2.75) is 12.8 Å². The summed E-state index contributed by atoms with van der Waals surface area (Å²) < 4.78 is 0. The fourth-order valence-electron chi connectivity index (χ4n) is 2.24. The number of rotatable bonds is 0. The molecule has 0 fully saturated rings. The third kappa shape index (κ3) is 1.48. The van der Waals surface area contributed by atoms with Gasteiger partial charge in [0.05, 0.1) is 5.70 Å². The van der Waals surface area contributed by atoms with E-state index in [0.29, 0.717) is 0 Å². The topological polar surface area (TPSA) is 23.5 Å². The number of nitrogens with zero attached hydrogens (tertiary/aromatic N) is 1. The van der Waals surface area contributed by atoms with Crippen LogP contribution in [0, 0.1) is 0 Å². The number of hydroxylamine groups is 2. The van der Waals surface area contributed by atoms with E-state index in [0.717, 1.165) is 18.5 Å². The predicted octanol–water partition coefficient (Wildman–Crippen LogP) is 3.12. The van der Waals surface area contributed by atoms with Crippen LogP contribution in [0.25, 0.3) is 6.08 Å². The Hall–Kier alpha value is -1.80. The first-order chi connectivity index (χ1) is 7.84. The van der Waals surface area contributed by atoms with Crippen LogP contribution < -0.4 is 0 Å². The summed E-state index contributed by atoms with van der Waals surface area (Å²) in [6, 6.07) is 8.34. The Morgan fingerprint density at radius 1 is 1.12 bits per heavy atom. The largest absolute Gasteiger partial charge is 0.284 e. The smallest absolute Gasteiger partial charge is 0.0724 e. The maximum Gasteiger partial charge on any atom is 0.0724 e. The molecule has 0 spiro atoms. The van der Waals surface area contributed by atoms with Crippen molar-refractivity contribution in [3.63, 3.8) is 0 Å². The molecule has 1 heterocycles. The molecule has 0 amide bonds. The third-order valence-electron chi connectivity index (χ3n) is 3.11. The minimum Gasteiger partial charge on any atom is -0.284 e. The summed E-state index contributed by atoms with van der Waals surface area (Å²) in [6.07, 6.45) is 9.68. The number of fused-ring (bicyclic) bond motifs is 2. The van der Waals surface area contributed by atoms with Crippen LogP contribution in [0.2, 0.25) is 0 Å². The molecule has 1 aromatic rings. The third-order valence-corrected chi connectivity index (χ3v) is 3.11. The van der Waals surface area contributed by atoms with Crippen molar-refractivity contribution in [1.29, 1.82) is 0 Å². The summed E-state index contributed by atoms with van der Waals surface area (Å²) in [5, 5.41) is 11.0. The minimum absolute atomic E-state index is 0.896. The van der Waals surface area contributed by atoms with Crippen LogP contribution in [-0.2, 0) is 6.42 Å². The molecule has 1 aromatic carbocycles. The first kappa shape index (κ1) is 9.43. The maximum atomic E-state index is 9.79. The summed E-state index contributed by atoms with van der Waals surface area (Å²) in [5.41, 5.74) is 4.64. The Morgan fingerprint density at radius 3 is 2.94 bits per heavy atom. The highest BCUT2D eigenvalue weighted by atomic mass is 16.5. The summed E-state index contributed by atoms with van der Waals surface area (Å²) in [6.45, 7) is 0. The van der Waals surface area contributed by atoms with Crippen LogP contribution in [0.5, 0.6) is 0 Å². The molecular weight excluding hydrogens is 198 g/mol. The van der Waals surface area contributed by atoms with E-state index >= 15 is 0 Å². The van der Waals surface area contributed by atoms with Crippen molar-refractivity contribution in [3.05, 3.63) is 65.0 Å². The van der Waals surface area contributed by atoms with Gasteiger partial charge in [-0.2, -0.15) is 0 Å². The number of allylic oxidation sites excluding steroid dienone is 3. The van der Waals surface area contributed by atoms with Gasteiger partial charge in [0.2, 0.25) is 0 Å². The monoisotopic (exact) mass is 211 g/mol. The summed E-state index contributed by atoms with van der Waals surface area (Å²) in [7, 11) is 0. The predicted molar refractivity (Wildman–Crippen MR) is 63.6 cm³/mol. The molecule has 2 aliphatic rings. The second-order valence-electron chi connectivity index (χ2n) is 4.11. The lowest BCUT2D eigenvalue weighted by atomic mass is 10.0. The molecule has 3 rings (SSSR count). The fourth-order valence-corrected chi connectivity index (χ4v) is 2.24. The van der Waals surface area contributed by atoms with E-state index in [9.17, 15) is 5.21 Å². The van der Waals surface area contributed by atoms with Crippen molar-refractivity contribution in [2.75, 3.05) is 0 Å². The van der Waals surface area contributed by atoms with Crippen LogP contribution in [0.3, 0.4) is 0 Å². The zero-order valence-electron chi connectivity index (χ0n) is 8.93. The van der Waals surface area contributed by atoms with E-state index in [2.05, 4.69) is 30.4 Å². The van der Waals surface area contributed by atoms with E-state index in [-0.39, 0.29) is 0 Å². The maximum absolute atomic E-state index is 9.79. The van der Waals surface area contributed by atoms with E-state index in [1.807, 2.05) is 12.1 Å². The molecule has 0 saturated carbocycles. The van der Waals surface area contributed by atoms with Crippen LogP contribution in [0.1, 0.15) is 17.5 Å². The lowest BCUT2D eigenvalue weighted by molar-refractivity contribution is -0.00109. The molecule has 16 heavy (non-hydrogen) atoms. The van der Waals surface area contributed by atoms with Crippen molar-refractivity contribution in [3.8, 4) is 0 Å². The quantitative estimate of drug-likeness (QED) is 0.712. The molecular formula is C14H13NO. The number of benzene rings is 1. The van der Waals surface area contributed by atoms with Crippen LogP contribution in [0.4, 0.5) is 0 Å². The average molecular weight is 211 g/mol. The van der Waals surface area contributed by atoms with Gasteiger partial charge in [-0.3, -0.25) is 5.21 Å². The minimum atomic E-state index is 0.896. The van der Waals surface area contributed by atoms with Crippen LogP contribution in [-0.4, -0.2) is 10.3 Å². The number of hydrogen-bond acceptors (Lipinski definition) is 2. The Balaban J connectivity index is 2.13. The van der Waals surface area contributed by atoms with Gasteiger partial charge in [0.15, 0.2) is 0 Å². The van der Waals surface area contributed by atoms with Crippen molar-refractivity contribution in [2.24, 2.45) is 0 Å². The van der Waals surface area contributed by atoms with Crippen LogP contribution >= 0.6 is 0 Å². The Labute approximate surface area is 94.8 Å². The van der Waals surface area contributed by atoms with Gasteiger partial charge in [-0.15, -0.1) is 0 Å². The van der Waals surface area contributed by atoms with Gasteiger partial charge < -0.3 is 0 Å². The Kier molecular flexibility index (Phi) is 2.15. The number of aryl methyl sites for hydroxylation is 1. The first-order valence-electron chi connectivity index (χ1n) is 5.50. The molecule has 2 heteroatoms. The van der Waals surface area contributed by atoms with Gasteiger partial charge in [-0.05, 0) is 41.7 Å². The molecule has 0 saturated heterocycles. The summed E-state index contributed by atoms with van der Waals surface area (Å²) >= 11 is 0. The molecule has 0 unspecified atom stereocenters. The van der Waals surface area contributed by atoms with Crippen LogP contribution in [0.15, 0.2) is 53.9 Å². The van der Waals surface area contributed by atoms with Gasteiger partial charge in [-0.25, -0.2) is 5.06 Å². The number of hydrogen-bond donors (Lipinski definition) is 1. The molecule has 1 aliphatic carbocycles. The zero-order valence-corrected chi connectivity index (χ0v) is 8.93. The average Bonchev–Trinajstić information content (AvgIpc) is 2.50. The van der Waals surface area contributed by atoms with Crippen molar-refractivity contribution >= 4 is 6.08 Å². The SMILES string of the molecule is ON1C=CC=C2CCc3ccccc3C=C21.